The molecule has 154 valence electrons. The highest BCUT2D eigenvalue weighted by atomic mass is 16.5. The second kappa shape index (κ2) is 7.46. The fourth-order valence-corrected chi connectivity index (χ4v) is 5.02. The highest BCUT2D eigenvalue weighted by Crippen LogP contribution is 2.51. The summed E-state index contributed by atoms with van der Waals surface area (Å²) < 4.78 is 6.31. The van der Waals surface area contributed by atoms with Crippen molar-refractivity contribution in [2.75, 3.05) is 13.7 Å². The Balaban J connectivity index is 1.50. The predicted octanol–water partition coefficient (Wildman–Crippen LogP) is 1.92. The number of fused-ring (bicyclic) bond motifs is 3. The smallest absolute Gasteiger partial charge is 0.354 e. The topological polar surface area (TPSA) is 123 Å². The number of hydrogen-bond acceptors (Lipinski definition) is 6. The number of carbonyl (C=O) groups excluding carboxylic acids is 2. The lowest BCUT2D eigenvalue weighted by Gasteiger charge is -2.48. The van der Waals surface area contributed by atoms with Crippen LogP contribution < -0.4 is 5.32 Å². The summed E-state index contributed by atoms with van der Waals surface area (Å²) in [5.74, 6) is -1.47. The van der Waals surface area contributed by atoms with Gasteiger partial charge in [0.15, 0.2) is 11.3 Å². The number of hydrogen-bond donors (Lipinski definition) is 2. The molecule has 3 atom stereocenters. The highest BCUT2D eigenvalue weighted by Gasteiger charge is 2.46. The minimum absolute atomic E-state index is 0.0327. The van der Waals surface area contributed by atoms with E-state index >= 15 is 0 Å². The first-order valence-corrected chi connectivity index (χ1v) is 9.86. The molecular weight excluding hydrogens is 376 g/mol. The van der Waals surface area contributed by atoms with Gasteiger partial charge in [0.25, 0.3) is 5.91 Å². The fourth-order valence-electron chi connectivity index (χ4n) is 5.02. The number of methoxy groups -OCH3 is 1. The summed E-state index contributed by atoms with van der Waals surface area (Å²) >= 11 is 0. The Morgan fingerprint density at radius 1 is 1.34 bits per heavy atom. The third-order valence-corrected chi connectivity index (χ3v) is 6.47. The number of carbonyl (C=O) groups is 3. The monoisotopic (exact) mass is 400 g/mol. The van der Waals surface area contributed by atoms with Gasteiger partial charge in [0, 0.05) is 18.7 Å². The van der Waals surface area contributed by atoms with Crippen LogP contribution in [-0.2, 0) is 9.53 Å². The van der Waals surface area contributed by atoms with Crippen LogP contribution >= 0.6 is 0 Å². The number of nitrogens with one attached hydrogen (secondary N) is 1. The molecule has 0 saturated heterocycles. The van der Waals surface area contributed by atoms with E-state index in [0.29, 0.717) is 18.1 Å². The van der Waals surface area contributed by atoms with Crippen molar-refractivity contribution in [1.29, 1.82) is 0 Å². The van der Waals surface area contributed by atoms with Crippen molar-refractivity contribution in [1.82, 2.24) is 19.9 Å². The Morgan fingerprint density at radius 3 is 2.93 bits per heavy atom. The van der Waals surface area contributed by atoms with Crippen LogP contribution in [0.25, 0.3) is 5.65 Å². The van der Waals surface area contributed by atoms with Crippen molar-refractivity contribution in [3.8, 4) is 0 Å². The van der Waals surface area contributed by atoms with Crippen LogP contribution in [0.5, 0.6) is 0 Å². The Bertz CT molecular complexity index is 971. The molecule has 2 bridgehead atoms. The van der Waals surface area contributed by atoms with Crippen molar-refractivity contribution in [2.24, 2.45) is 17.3 Å². The normalized spacial score (nSPS) is 26.1. The molecule has 0 radical (unpaired) electrons. The Kier molecular flexibility index (Phi) is 4.97. The largest absolute Gasteiger partial charge is 0.477 e. The van der Waals surface area contributed by atoms with Crippen LogP contribution in [0.15, 0.2) is 18.3 Å². The zero-order chi connectivity index (χ0) is 20.6. The van der Waals surface area contributed by atoms with Crippen molar-refractivity contribution >= 4 is 23.5 Å². The first kappa shape index (κ1) is 19.4. The van der Waals surface area contributed by atoms with Crippen molar-refractivity contribution in [3.63, 3.8) is 0 Å². The number of amides is 1. The van der Waals surface area contributed by atoms with Gasteiger partial charge in [0.2, 0.25) is 0 Å². The predicted molar refractivity (Wildman–Crippen MR) is 101 cm³/mol. The van der Waals surface area contributed by atoms with Crippen LogP contribution in [0.3, 0.4) is 0 Å². The van der Waals surface area contributed by atoms with Crippen molar-refractivity contribution < 1.29 is 24.2 Å². The molecule has 0 spiro atoms. The molecule has 2 aliphatic rings. The van der Waals surface area contributed by atoms with Crippen LogP contribution in [0.4, 0.5) is 0 Å². The molecule has 2 heterocycles. The van der Waals surface area contributed by atoms with Gasteiger partial charge in [-0.05, 0) is 43.4 Å². The van der Waals surface area contributed by atoms with Crippen LogP contribution in [0.2, 0.25) is 0 Å². The lowest BCUT2D eigenvalue weighted by Crippen LogP contribution is -2.47. The average molecular weight is 400 g/mol. The zero-order valence-electron chi connectivity index (χ0n) is 16.3. The SMILES string of the molecule is COC(=O)C1CCC2(CNC(=O)c3cc(C(=O)O)nc4ccnn34)CCCC1C2. The third-order valence-electron chi connectivity index (χ3n) is 6.47. The molecule has 1 amide bonds. The summed E-state index contributed by atoms with van der Waals surface area (Å²) in [6, 6.07) is 2.80. The number of nitrogens with zero attached hydrogens (tertiary/aromatic N) is 3. The molecular formula is C20H24N4O5. The molecule has 0 aromatic carbocycles. The maximum absolute atomic E-state index is 12.9. The summed E-state index contributed by atoms with van der Waals surface area (Å²) in [5.41, 5.74) is 0.223. The van der Waals surface area contributed by atoms with Gasteiger partial charge in [0.05, 0.1) is 19.2 Å². The molecule has 9 heteroatoms. The van der Waals surface area contributed by atoms with Crippen LogP contribution in [0, 0.1) is 17.3 Å². The Labute approximate surface area is 167 Å². The van der Waals surface area contributed by atoms with Crippen molar-refractivity contribution in [2.45, 2.75) is 38.5 Å². The lowest BCUT2D eigenvalue weighted by atomic mass is 9.58. The molecule has 4 rings (SSSR count). The van der Waals surface area contributed by atoms with E-state index in [1.807, 2.05) is 0 Å². The standard InChI is InChI=1S/C20H24N4O5/c1-29-19(28)13-4-7-20(6-2-3-12(13)10-20)11-21-17(25)15-9-14(18(26)27)23-16-5-8-22-24(15)16/h5,8-9,12-13H,2-4,6-7,10-11H2,1H3,(H,21,25)(H,26,27). The number of aromatic nitrogens is 3. The average Bonchev–Trinajstić information content (AvgIpc) is 3.20. The lowest BCUT2D eigenvalue weighted by molar-refractivity contribution is -0.151. The van der Waals surface area contributed by atoms with E-state index in [-0.39, 0.29) is 34.6 Å². The van der Waals surface area contributed by atoms with Crippen LogP contribution in [-0.4, -0.2) is 51.2 Å². The number of carboxylic acids is 1. The van der Waals surface area contributed by atoms with E-state index in [9.17, 15) is 19.5 Å². The van der Waals surface area contributed by atoms with Gasteiger partial charge in [-0.25, -0.2) is 14.3 Å². The highest BCUT2D eigenvalue weighted by molar-refractivity contribution is 5.96. The molecule has 2 N–H and O–H groups in total. The molecule has 2 fully saturated rings. The molecule has 2 aromatic rings. The molecule has 9 nitrogen and oxygen atoms in total. The second-order valence-electron chi connectivity index (χ2n) is 8.14. The van der Waals surface area contributed by atoms with Gasteiger partial charge in [-0.15, -0.1) is 0 Å². The van der Waals surface area contributed by atoms with Crippen molar-refractivity contribution in [3.05, 3.63) is 29.7 Å². The molecule has 2 aromatic heterocycles. The molecule has 2 aliphatic carbocycles. The van der Waals surface area contributed by atoms with E-state index in [4.69, 9.17) is 4.74 Å². The van der Waals surface area contributed by atoms with E-state index in [1.54, 1.807) is 6.07 Å². The Morgan fingerprint density at radius 2 is 2.17 bits per heavy atom. The number of aromatic carboxylic acids is 1. The molecule has 29 heavy (non-hydrogen) atoms. The van der Waals surface area contributed by atoms with E-state index in [0.717, 1.165) is 38.5 Å². The summed E-state index contributed by atoms with van der Waals surface area (Å²) in [6.45, 7) is 0.490. The van der Waals surface area contributed by atoms with E-state index in [1.165, 1.54) is 23.9 Å². The second-order valence-corrected chi connectivity index (χ2v) is 8.14. The number of rotatable bonds is 5. The van der Waals surface area contributed by atoms with Gasteiger partial charge in [-0.3, -0.25) is 9.59 Å². The van der Waals surface area contributed by atoms with Gasteiger partial charge >= 0.3 is 11.9 Å². The maximum atomic E-state index is 12.9. The third kappa shape index (κ3) is 3.56. The van der Waals surface area contributed by atoms with Crippen LogP contribution in [0.1, 0.15) is 59.5 Å². The number of ether oxygens (including phenoxy) is 1. The number of carboxylic acid groups (broad SMARTS) is 1. The minimum atomic E-state index is -1.20. The molecule has 3 unspecified atom stereocenters. The quantitative estimate of drug-likeness (QED) is 0.735. The minimum Gasteiger partial charge on any atom is -0.477 e. The van der Waals surface area contributed by atoms with E-state index in [2.05, 4.69) is 15.4 Å². The van der Waals surface area contributed by atoms with Gasteiger partial charge < -0.3 is 15.2 Å². The summed E-state index contributed by atoms with van der Waals surface area (Å²) in [6.07, 6.45) is 7.04. The summed E-state index contributed by atoms with van der Waals surface area (Å²) in [7, 11) is 1.43. The fraction of sp³-hybridized carbons (Fsp3) is 0.550. The summed E-state index contributed by atoms with van der Waals surface area (Å²) in [4.78, 5) is 40.3. The first-order chi connectivity index (χ1) is 13.9. The van der Waals surface area contributed by atoms with E-state index < -0.39 is 5.97 Å². The Hall–Kier alpha value is -2.97. The van der Waals surface area contributed by atoms with Gasteiger partial charge in [0.1, 0.15) is 5.69 Å². The number of esters is 1. The molecule has 0 aliphatic heterocycles. The van der Waals surface area contributed by atoms with Gasteiger partial charge in [-0.1, -0.05) is 6.42 Å². The maximum Gasteiger partial charge on any atom is 0.354 e. The molecule has 2 saturated carbocycles. The van der Waals surface area contributed by atoms with Gasteiger partial charge in [-0.2, -0.15) is 5.10 Å². The summed E-state index contributed by atoms with van der Waals surface area (Å²) in [5, 5.41) is 16.3. The zero-order valence-corrected chi connectivity index (χ0v) is 16.3. The first-order valence-electron chi connectivity index (χ1n) is 9.86.